The lowest BCUT2D eigenvalue weighted by Crippen LogP contribution is -2.26. The van der Waals surface area contributed by atoms with Crippen LogP contribution in [0, 0.1) is 0 Å². The molecule has 0 spiro atoms. The molecule has 0 saturated carbocycles. The maximum absolute atomic E-state index is 11.3. The van der Waals surface area contributed by atoms with Gasteiger partial charge in [0.05, 0.1) is 0 Å². The Morgan fingerprint density at radius 2 is 0.731 bits per heavy atom. The number of amides is 4. The summed E-state index contributed by atoms with van der Waals surface area (Å²) >= 11 is 0. The highest BCUT2D eigenvalue weighted by Gasteiger charge is 2.12. The van der Waals surface area contributed by atoms with Crippen molar-refractivity contribution < 1.29 is 19.2 Å². The molecule has 26 heavy (non-hydrogen) atoms. The second-order valence-electron chi connectivity index (χ2n) is 6.03. The summed E-state index contributed by atoms with van der Waals surface area (Å²) in [6.07, 6.45) is 0. The molecule has 0 atom stereocenters. The monoisotopic (exact) mass is 362 g/mol. The zero-order chi connectivity index (χ0) is 19.7. The Morgan fingerprint density at radius 1 is 0.538 bits per heavy atom. The zero-order valence-corrected chi connectivity index (χ0v) is 15.6. The van der Waals surface area contributed by atoms with Crippen molar-refractivity contribution in [2.75, 3.05) is 0 Å². The van der Waals surface area contributed by atoms with Crippen molar-refractivity contribution in [2.24, 2.45) is 0 Å². The van der Waals surface area contributed by atoms with Crippen LogP contribution in [0.25, 0.3) is 0 Å². The molecule has 0 radical (unpaired) electrons. The Balaban J connectivity index is 3.22. The number of rotatable bonds is 8. The molecule has 0 aliphatic rings. The van der Waals surface area contributed by atoms with Crippen LogP contribution in [0.15, 0.2) is 12.1 Å². The molecule has 0 aliphatic carbocycles. The molecular weight excluding hydrogens is 336 g/mol. The largest absolute Gasteiger partial charge is 0.352 e. The lowest BCUT2D eigenvalue weighted by Gasteiger charge is -2.18. The fourth-order valence-corrected chi connectivity index (χ4v) is 2.33. The third kappa shape index (κ3) is 7.78. The molecule has 0 aromatic heterocycles. The van der Waals surface area contributed by atoms with E-state index in [4.69, 9.17) is 0 Å². The summed E-state index contributed by atoms with van der Waals surface area (Å²) in [4.78, 5) is 45.0. The van der Waals surface area contributed by atoms with Crippen LogP contribution >= 0.6 is 0 Å². The first kappa shape index (κ1) is 21.1. The molecule has 0 heterocycles. The highest BCUT2D eigenvalue weighted by atomic mass is 16.2. The van der Waals surface area contributed by atoms with Crippen LogP contribution in [0.2, 0.25) is 0 Å². The molecule has 0 bridgehead atoms. The van der Waals surface area contributed by atoms with Gasteiger partial charge in [-0.3, -0.25) is 19.2 Å². The minimum absolute atomic E-state index is 0.166. The summed E-state index contributed by atoms with van der Waals surface area (Å²) in [7, 11) is 0. The molecule has 8 heteroatoms. The fourth-order valence-electron chi connectivity index (χ4n) is 2.33. The molecule has 0 fully saturated rings. The molecular formula is C18H26N4O4. The lowest BCUT2D eigenvalue weighted by molar-refractivity contribution is -0.120. The van der Waals surface area contributed by atoms with E-state index in [2.05, 4.69) is 21.3 Å². The molecule has 1 rings (SSSR count). The number of hydrogen-bond donors (Lipinski definition) is 4. The van der Waals surface area contributed by atoms with Crippen molar-refractivity contribution in [3.05, 3.63) is 34.4 Å². The molecule has 8 nitrogen and oxygen atoms in total. The van der Waals surface area contributed by atoms with Crippen molar-refractivity contribution in [1.29, 1.82) is 0 Å². The van der Waals surface area contributed by atoms with Crippen molar-refractivity contribution in [3.8, 4) is 0 Å². The highest BCUT2D eigenvalue weighted by molar-refractivity contribution is 5.74. The maximum atomic E-state index is 11.3. The first-order chi connectivity index (χ1) is 12.2. The van der Waals surface area contributed by atoms with Gasteiger partial charge in [-0.25, -0.2) is 0 Å². The van der Waals surface area contributed by atoms with Crippen molar-refractivity contribution >= 4 is 23.6 Å². The van der Waals surface area contributed by atoms with Gasteiger partial charge < -0.3 is 21.3 Å². The third-order valence-corrected chi connectivity index (χ3v) is 3.63. The van der Waals surface area contributed by atoms with Gasteiger partial charge in [-0.1, -0.05) is 12.1 Å². The van der Waals surface area contributed by atoms with E-state index in [0.29, 0.717) is 26.2 Å². The molecule has 4 amide bonds. The predicted octanol–water partition coefficient (Wildman–Crippen LogP) is 0.231. The van der Waals surface area contributed by atoms with E-state index >= 15 is 0 Å². The lowest BCUT2D eigenvalue weighted by atomic mass is 9.97. The van der Waals surface area contributed by atoms with Crippen LogP contribution in [0.5, 0.6) is 0 Å². The van der Waals surface area contributed by atoms with E-state index in [1.54, 1.807) is 0 Å². The smallest absolute Gasteiger partial charge is 0.217 e. The SMILES string of the molecule is CC(=O)NCc1cc(CNC(C)=O)c(CNC(C)=O)cc1CNC(C)=O. The summed E-state index contributed by atoms with van der Waals surface area (Å²) in [5.41, 5.74) is 3.34. The summed E-state index contributed by atoms with van der Waals surface area (Å²) in [5, 5.41) is 11.0. The number of carbonyl (C=O) groups excluding carboxylic acids is 4. The Morgan fingerprint density at radius 3 is 0.885 bits per heavy atom. The Labute approximate surface area is 153 Å². The van der Waals surface area contributed by atoms with Gasteiger partial charge in [0.2, 0.25) is 23.6 Å². The highest BCUT2D eigenvalue weighted by Crippen LogP contribution is 2.18. The third-order valence-electron chi connectivity index (χ3n) is 3.63. The minimum Gasteiger partial charge on any atom is -0.352 e. The van der Waals surface area contributed by atoms with Crippen LogP contribution in [-0.4, -0.2) is 23.6 Å². The molecule has 142 valence electrons. The van der Waals surface area contributed by atoms with Crippen LogP contribution in [0.1, 0.15) is 49.9 Å². The van der Waals surface area contributed by atoms with Crippen molar-refractivity contribution in [3.63, 3.8) is 0 Å². The van der Waals surface area contributed by atoms with E-state index in [0.717, 1.165) is 22.3 Å². The van der Waals surface area contributed by atoms with Crippen molar-refractivity contribution in [2.45, 2.75) is 53.9 Å². The van der Waals surface area contributed by atoms with Gasteiger partial charge in [0, 0.05) is 53.9 Å². The molecule has 0 saturated heterocycles. The van der Waals surface area contributed by atoms with Crippen molar-refractivity contribution in [1.82, 2.24) is 21.3 Å². The zero-order valence-electron chi connectivity index (χ0n) is 15.6. The van der Waals surface area contributed by atoms with Crippen LogP contribution < -0.4 is 21.3 Å². The summed E-state index contributed by atoms with van der Waals surface area (Å²) in [5.74, 6) is -0.662. The molecule has 1 aromatic rings. The summed E-state index contributed by atoms with van der Waals surface area (Å²) in [6.45, 7) is 6.92. The van der Waals surface area contributed by atoms with Gasteiger partial charge in [0.25, 0.3) is 0 Å². The maximum Gasteiger partial charge on any atom is 0.217 e. The van der Waals surface area contributed by atoms with E-state index in [1.165, 1.54) is 27.7 Å². The van der Waals surface area contributed by atoms with Gasteiger partial charge in [-0.05, 0) is 22.3 Å². The van der Waals surface area contributed by atoms with Crippen LogP contribution in [-0.2, 0) is 45.4 Å². The Hall–Kier alpha value is -2.90. The first-order valence-corrected chi connectivity index (χ1v) is 8.30. The second-order valence-corrected chi connectivity index (χ2v) is 6.03. The molecule has 0 unspecified atom stereocenters. The fraction of sp³-hybridized carbons (Fsp3) is 0.444. The number of nitrogens with one attached hydrogen (secondary N) is 4. The molecule has 1 aromatic carbocycles. The average Bonchev–Trinajstić information content (AvgIpc) is 2.54. The minimum atomic E-state index is -0.166. The second kappa shape index (κ2) is 10.2. The quantitative estimate of drug-likeness (QED) is 0.530. The number of benzene rings is 1. The number of carbonyl (C=O) groups is 4. The van der Waals surface area contributed by atoms with E-state index in [1.807, 2.05) is 12.1 Å². The van der Waals surface area contributed by atoms with E-state index in [9.17, 15) is 19.2 Å². The van der Waals surface area contributed by atoms with Gasteiger partial charge in [-0.15, -0.1) is 0 Å². The summed E-state index contributed by atoms with van der Waals surface area (Å²) in [6, 6.07) is 3.75. The normalized spacial score (nSPS) is 10.0. The van der Waals surface area contributed by atoms with Gasteiger partial charge >= 0.3 is 0 Å². The average molecular weight is 362 g/mol. The standard InChI is InChI=1S/C18H26N4O4/c1-11(23)19-7-15-5-17(9-21-13(3)25)18(10-22-14(4)26)6-16(15)8-20-12(2)24/h5-6H,7-10H2,1-4H3,(H,19,23)(H,20,24)(H,21,25)(H,22,26). The van der Waals surface area contributed by atoms with Crippen LogP contribution in [0.3, 0.4) is 0 Å². The number of hydrogen-bond acceptors (Lipinski definition) is 4. The first-order valence-electron chi connectivity index (χ1n) is 8.30. The van der Waals surface area contributed by atoms with Gasteiger partial charge in [0.15, 0.2) is 0 Å². The Bertz CT molecular complexity index is 586. The molecule has 4 N–H and O–H groups in total. The van der Waals surface area contributed by atoms with E-state index < -0.39 is 0 Å². The topological polar surface area (TPSA) is 116 Å². The molecule has 0 aliphatic heterocycles. The van der Waals surface area contributed by atoms with Gasteiger partial charge in [0.1, 0.15) is 0 Å². The van der Waals surface area contributed by atoms with Gasteiger partial charge in [-0.2, -0.15) is 0 Å². The predicted molar refractivity (Wildman–Crippen MR) is 96.5 cm³/mol. The summed E-state index contributed by atoms with van der Waals surface area (Å²) < 4.78 is 0. The van der Waals surface area contributed by atoms with E-state index in [-0.39, 0.29) is 23.6 Å². The van der Waals surface area contributed by atoms with Crippen LogP contribution in [0.4, 0.5) is 0 Å². The Kier molecular flexibility index (Phi) is 8.27.